The summed E-state index contributed by atoms with van der Waals surface area (Å²) >= 11 is 6.01. The lowest BCUT2D eigenvalue weighted by Crippen LogP contribution is -1.99. The molecule has 1 aromatic heterocycles. The molecule has 2 nitrogen and oxygen atoms in total. The lowest BCUT2D eigenvalue weighted by Gasteiger charge is -2.03. The molecule has 0 amide bonds. The molecule has 1 aliphatic rings. The quantitative estimate of drug-likeness (QED) is 0.707. The molecule has 0 saturated heterocycles. The highest BCUT2D eigenvalue weighted by atomic mass is 35.5. The summed E-state index contributed by atoms with van der Waals surface area (Å²) in [6.45, 7) is 0. The third kappa shape index (κ3) is 1.83. The van der Waals surface area contributed by atoms with Gasteiger partial charge in [-0.15, -0.1) is 0 Å². The summed E-state index contributed by atoms with van der Waals surface area (Å²) in [5.74, 6) is 1.54. The Morgan fingerprint density at radius 2 is 1.79 bits per heavy atom. The van der Waals surface area contributed by atoms with Crippen molar-refractivity contribution in [1.29, 1.82) is 0 Å². The van der Waals surface area contributed by atoms with Crippen LogP contribution in [0.5, 0.6) is 0 Å². The van der Waals surface area contributed by atoms with E-state index >= 15 is 0 Å². The van der Waals surface area contributed by atoms with Crippen molar-refractivity contribution >= 4 is 22.6 Å². The zero-order chi connectivity index (χ0) is 12.8. The summed E-state index contributed by atoms with van der Waals surface area (Å²) in [5, 5.41) is 0.748. The van der Waals surface area contributed by atoms with Crippen LogP contribution in [0, 0.1) is 0 Å². The van der Waals surface area contributed by atoms with E-state index in [0.717, 1.165) is 34.7 Å². The van der Waals surface area contributed by atoms with Crippen molar-refractivity contribution in [2.24, 2.45) is 0 Å². The standard InChI is InChI=1S/C16H13ClN2/c17-13-5-6-14-15(9-13)19-16(18-14)12-7-10-3-1-2-4-11(10)8-12/h1-6,9,12H,7-8H2,(H,18,19). The first kappa shape index (κ1) is 11.1. The van der Waals surface area contributed by atoms with Gasteiger partial charge in [-0.1, -0.05) is 35.9 Å². The van der Waals surface area contributed by atoms with Crippen molar-refractivity contribution in [3.63, 3.8) is 0 Å². The number of fused-ring (bicyclic) bond motifs is 2. The minimum atomic E-state index is 0.462. The van der Waals surface area contributed by atoms with Gasteiger partial charge in [0.15, 0.2) is 0 Å². The molecule has 0 saturated carbocycles. The van der Waals surface area contributed by atoms with Crippen molar-refractivity contribution in [2.45, 2.75) is 18.8 Å². The van der Waals surface area contributed by atoms with E-state index in [1.54, 1.807) is 0 Å². The highest BCUT2D eigenvalue weighted by molar-refractivity contribution is 6.31. The Labute approximate surface area is 116 Å². The number of aromatic nitrogens is 2. The predicted molar refractivity (Wildman–Crippen MR) is 77.7 cm³/mol. The predicted octanol–water partition coefficient (Wildman–Crippen LogP) is 4.10. The number of nitrogens with zero attached hydrogens (tertiary/aromatic N) is 1. The third-order valence-electron chi connectivity index (χ3n) is 3.90. The molecule has 0 bridgehead atoms. The van der Waals surface area contributed by atoms with Crippen LogP contribution in [0.2, 0.25) is 5.02 Å². The maximum absolute atomic E-state index is 6.01. The summed E-state index contributed by atoms with van der Waals surface area (Å²) in [5.41, 5.74) is 4.92. The van der Waals surface area contributed by atoms with Crippen molar-refractivity contribution < 1.29 is 0 Å². The molecule has 0 aliphatic heterocycles. The average molecular weight is 269 g/mol. The van der Waals surface area contributed by atoms with Crippen LogP contribution in [0.25, 0.3) is 11.0 Å². The van der Waals surface area contributed by atoms with Gasteiger partial charge < -0.3 is 4.98 Å². The molecule has 0 unspecified atom stereocenters. The first-order valence-corrected chi connectivity index (χ1v) is 6.89. The van der Waals surface area contributed by atoms with E-state index in [0.29, 0.717) is 5.92 Å². The molecule has 1 aliphatic carbocycles. The number of aromatic amines is 1. The molecule has 0 atom stereocenters. The Hall–Kier alpha value is -1.80. The van der Waals surface area contributed by atoms with E-state index in [9.17, 15) is 0 Å². The van der Waals surface area contributed by atoms with Crippen LogP contribution < -0.4 is 0 Å². The van der Waals surface area contributed by atoms with Crippen LogP contribution in [0.15, 0.2) is 42.5 Å². The second-order valence-corrected chi connectivity index (χ2v) is 5.59. The maximum Gasteiger partial charge on any atom is 0.111 e. The third-order valence-corrected chi connectivity index (χ3v) is 4.14. The van der Waals surface area contributed by atoms with E-state index in [1.165, 1.54) is 11.1 Å². The molecule has 4 rings (SSSR count). The Kier molecular flexibility index (Phi) is 2.39. The minimum absolute atomic E-state index is 0.462. The Morgan fingerprint density at radius 1 is 1.05 bits per heavy atom. The summed E-state index contributed by atoms with van der Waals surface area (Å²) in [6, 6.07) is 14.5. The fraction of sp³-hybridized carbons (Fsp3) is 0.188. The largest absolute Gasteiger partial charge is 0.342 e. The van der Waals surface area contributed by atoms with Gasteiger partial charge in [-0.05, 0) is 42.2 Å². The van der Waals surface area contributed by atoms with Crippen LogP contribution >= 0.6 is 11.6 Å². The summed E-state index contributed by atoms with van der Waals surface area (Å²) < 4.78 is 0. The number of imidazole rings is 1. The molecule has 19 heavy (non-hydrogen) atoms. The zero-order valence-electron chi connectivity index (χ0n) is 10.4. The summed E-state index contributed by atoms with van der Waals surface area (Å²) in [7, 11) is 0. The summed E-state index contributed by atoms with van der Waals surface area (Å²) in [4.78, 5) is 8.12. The van der Waals surface area contributed by atoms with Gasteiger partial charge in [-0.25, -0.2) is 4.98 Å². The molecule has 0 radical (unpaired) electrons. The first-order valence-electron chi connectivity index (χ1n) is 6.51. The molecule has 0 fully saturated rings. The molecule has 94 valence electrons. The highest BCUT2D eigenvalue weighted by Gasteiger charge is 2.24. The van der Waals surface area contributed by atoms with Crippen LogP contribution in [0.4, 0.5) is 0 Å². The van der Waals surface area contributed by atoms with Gasteiger partial charge >= 0.3 is 0 Å². The zero-order valence-corrected chi connectivity index (χ0v) is 11.1. The van der Waals surface area contributed by atoms with Crippen LogP contribution in [0.1, 0.15) is 22.9 Å². The molecule has 1 N–H and O–H groups in total. The van der Waals surface area contributed by atoms with Crippen LogP contribution in [-0.4, -0.2) is 9.97 Å². The van der Waals surface area contributed by atoms with Gasteiger partial charge in [0.2, 0.25) is 0 Å². The van der Waals surface area contributed by atoms with Crippen LogP contribution in [-0.2, 0) is 12.8 Å². The van der Waals surface area contributed by atoms with Gasteiger partial charge in [0.1, 0.15) is 5.82 Å². The number of halogens is 1. The first-order chi connectivity index (χ1) is 9.29. The Morgan fingerprint density at radius 3 is 2.53 bits per heavy atom. The summed E-state index contributed by atoms with van der Waals surface area (Å²) in [6.07, 6.45) is 2.15. The van der Waals surface area contributed by atoms with Crippen molar-refractivity contribution in [3.8, 4) is 0 Å². The van der Waals surface area contributed by atoms with Crippen LogP contribution in [0.3, 0.4) is 0 Å². The minimum Gasteiger partial charge on any atom is -0.342 e. The van der Waals surface area contributed by atoms with Gasteiger partial charge in [0.05, 0.1) is 11.0 Å². The molecular formula is C16H13ClN2. The van der Waals surface area contributed by atoms with E-state index in [4.69, 9.17) is 16.6 Å². The van der Waals surface area contributed by atoms with Gasteiger partial charge in [-0.2, -0.15) is 0 Å². The molecule has 3 aromatic rings. The van der Waals surface area contributed by atoms with Gasteiger partial charge in [0.25, 0.3) is 0 Å². The van der Waals surface area contributed by atoms with Crippen molar-refractivity contribution in [3.05, 3.63) is 64.4 Å². The molecule has 3 heteroatoms. The number of rotatable bonds is 1. The highest BCUT2D eigenvalue weighted by Crippen LogP contribution is 2.33. The maximum atomic E-state index is 6.01. The number of hydrogen-bond acceptors (Lipinski definition) is 1. The lowest BCUT2D eigenvalue weighted by molar-refractivity contribution is 0.697. The van der Waals surface area contributed by atoms with Gasteiger partial charge in [0, 0.05) is 10.9 Å². The topological polar surface area (TPSA) is 28.7 Å². The fourth-order valence-corrected chi connectivity index (χ4v) is 3.12. The lowest BCUT2D eigenvalue weighted by atomic mass is 10.1. The average Bonchev–Trinajstić information content (AvgIpc) is 3.00. The van der Waals surface area contributed by atoms with Crippen molar-refractivity contribution in [1.82, 2.24) is 9.97 Å². The second kappa shape index (κ2) is 4.10. The van der Waals surface area contributed by atoms with E-state index in [2.05, 4.69) is 29.2 Å². The normalized spacial score (nSPS) is 15.0. The fourth-order valence-electron chi connectivity index (χ4n) is 2.95. The number of nitrogens with one attached hydrogen (secondary N) is 1. The van der Waals surface area contributed by atoms with E-state index in [-0.39, 0.29) is 0 Å². The monoisotopic (exact) mass is 268 g/mol. The van der Waals surface area contributed by atoms with E-state index in [1.807, 2.05) is 18.2 Å². The Bertz CT molecular complexity index is 735. The number of benzene rings is 2. The number of H-pyrrole nitrogens is 1. The molecule has 2 aromatic carbocycles. The molecule has 1 heterocycles. The molecular weight excluding hydrogens is 256 g/mol. The van der Waals surface area contributed by atoms with Gasteiger partial charge in [-0.3, -0.25) is 0 Å². The smallest absolute Gasteiger partial charge is 0.111 e. The van der Waals surface area contributed by atoms with E-state index < -0.39 is 0 Å². The number of hydrogen-bond donors (Lipinski definition) is 1. The Balaban J connectivity index is 1.73. The molecule has 0 spiro atoms. The SMILES string of the molecule is Clc1ccc2nc(C3Cc4ccccc4C3)[nH]c2c1. The second-order valence-electron chi connectivity index (χ2n) is 5.16. The van der Waals surface area contributed by atoms with Crippen molar-refractivity contribution in [2.75, 3.05) is 0 Å².